The predicted octanol–water partition coefficient (Wildman–Crippen LogP) is 2.30. The van der Waals surface area contributed by atoms with E-state index in [4.69, 9.17) is 10.5 Å². The maximum atomic E-state index is 6.41. The molecule has 0 fully saturated rings. The van der Waals surface area contributed by atoms with E-state index in [1.807, 2.05) is 45.6 Å². The summed E-state index contributed by atoms with van der Waals surface area (Å²) in [7, 11) is 3.63. The average molecular weight is 288 g/mol. The third-order valence-corrected chi connectivity index (χ3v) is 4.10. The standard InChI is InChI=1S/C16H24N4O/c1-9-8-18-14(10(2)16(9)21-6)7-13(17)15-11(3)19-20(5)12(15)4/h8,13H,7,17H2,1-6H3. The molecule has 5 nitrogen and oxygen atoms in total. The van der Waals surface area contributed by atoms with Crippen molar-refractivity contribution in [2.45, 2.75) is 40.2 Å². The first-order valence-corrected chi connectivity index (χ1v) is 7.11. The Hall–Kier alpha value is -1.88. The first-order valence-electron chi connectivity index (χ1n) is 7.11. The first-order chi connectivity index (χ1) is 9.86. The number of rotatable bonds is 4. The van der Waals surface area contributed by atoms with E-state index in [1.54, 1.807) is 7.11 Å². The number of hydrogen-bond donors (Lipinski definition) is 1. The van der Waals surface area contributed by atoms with Crippen LogP contribution in [0.1, 0.15) is 39.8 Å². The van der Waals surface area contributed by atoms with Crippen molar-refractivity contribution in [3.63, 3.8) is 0 Å². The molecule has 0 aromatic carbocycles. The van der Waals surface area contributed by atoms with Crippen LogP contribution < -0.4 is 10.5 Å². The molecular formula is C16H24N4O. The Bertz CT molecular complexity index is 661. The van der Waals surface area contributed by atoms with Gasteiger partial charge in [-0.15, -0.1) is 0 Å². The molecule has 1 unspecified atom stereocenters. The minimum Gasteiger partial charge on any atom is -0.496 e. The van der Waals surface area contributed by atoms with Gasteiger partial charge in [0.15, 0.2) is 0 Å². The van der Waals surface area contributed by atoms with Gasteiger partial charge in [0.05, 0.1) is 12.8 Å². The average Bonchev–Trinajstić information content (AvgIpc) is 2.67. The molecule has 0 aliphatic carbocycles. The summed E-state index contributed by atoms with van der Waals surface area (Å²) in [5.74, 6) is 0.895. The van der Waals surface area contributed by atoms with Crippen molar-refractivity contribution in [1.29, 1.82) is 0 Å². The van der Waals surface area contributed by atoms with Gasteiger partial charge in [-0.25, -0.2) is 0 Å². The molecule has 5 heteroatoms. The van der Waals surface area contributed by atoms with Gasteiger partial charge in [-0.3, -0.25) is 9.67 Å². The summed E-state index contributed by atoms with van der Waals surface area (Å²) in [6, 6.07) is -0.114. The molecule has 0 saturated heterocycles. The molecule has 2 aromatic heterocycles. The van der Waals surface area contributed by atoms with E-state index < -0.39 is 0 Å². The minimum atomic E-state index is -0.114. The van der Waals surface area contributed by atoms with Gasteiger partial charge in [0.25, 0.3) is 0 Å². The molecule has 0 saturated carbocycles. The van der Waals surface area contributed by atoms with Gasteiger partial charge >= 0.3 is 0 Å². The molecule has 0 bridgehead atoms. The Labute approximate surface area is 126 Å². The first kappa shape index (κ1) is 15.5. The number of nitrogens with two attached hydrogens (primary N) is 1. The Morgan fingerprint density at radius 3 is 2.48 bits per heavy atom. The van der Waals surface area contributed by atoms with Gasteiger partial charge in [0.1, 0.15) is 5.75 Å². The van der Waals surface area contributed by atoms with Crippen molar-refractivity contribution < 1.29 is 4.74 Å². The smallest absolute Gasteiger partial charge is 0.128 e. The minimum absolute atomic E-state index is 0.114. The fourth-order valence-electron chi connectivity index (χ4n) is 2.91. The van der Waals surface area contributed by atoms with Crippen LogP contribution in [0.3, 0.4) is 0 Å². The van der Waals surface area contributed by atoms with Crippen molar-refractivity contribution in [2.24, 2.45) is 12.8 Å². The van der Waals surface area contributed by atoms with Gasteiger partial charge in [-0.1, -0.05) is 0 Å². The van der Waals surface area contributed by atoms with E-state index in [9.17, 15) is 0 Å². The van der Waals surface area contributed by atoms with Crippen molar-refractivity contribution >= 4 is 0 Å². The maximum absolute atomic E-state index is 6.41. The summed E-state index contributed by atoms with van der Waals surface area (Å²) in [4.78, 5) is 4.53. The van der Waals surface area contributed by atoms with E-state index in [2.05, 4.69) is 10.1 Å². The van der Waals surface area contributed by atoms with Gasteiger partial charge in [0.2, 0.25) is 0 Å². The molecular weight excluding hydrogens is 264 g/mol. The van der Waals surface area contributed by atoms with E-state index in [1.165, 1.54) is 0 Å². The third kappa shape index (κ3) is 2.78. The normalized spacial score (nSPS) is 12.5. The lowest BCUT2D eigenvalue weighted by Gasteiger charge is -2.16. The van der Waals surface area contributed by atoms with Gasteiger partial charge < -0.3 is 10.5 Å². The zero-order chi connectivity index (χ0) is 15.7. The lowest BCUT2D eigenvalue weighted by molar-refractivity contribution is 0.406. The van der Waals surface area contributed by atoms with Crippen LogP contribution in [0, 0.1) is 27.7 Å². The summed E-state index contributed by atoms with van der Waals surface area (Å²) >= 11 is 0. The van der Waals surface area contributed by atoms with Crippen LogP contribution in [0.2, 0.25) is 0 Å². The fraction of sp³-hybridized carbons (Fsp3) is 0.500. The molecule has 0 aliphatic heterocycles. The van der Waals surface area contributed by atoms with Crippen LogP contribution in [0.5, 0.6) is 5.75 Å². The summed E-state index contributed by atoms with van der Waals surface area (Å²) in [6.45, 7) is 8.07. The molecule has 1 atom stereocenters. The highest BCUT2D eigenvalue weighted by Gasteiger charge is 2.19. The number of aromatic nitrogens is 3. The van der Waals surface area contributed by atoms with E-state index in [0.717, 1.165) is 39.5 Å². The summed E-state index contributed by atoms with van der Waals surface area (Å²) in [5.41, 5.74) is 12.7. The predicted molar refractivity (Wildman–Crippen MR) is 83.6 cm³/mol. The fourth-order valence-corrected chi connectivity index (χ4v) is 2.91. The molecule has 2 heterocycles. The number of aryl methyl sites for hydroxylation is 3. The van der Waals surface area contributed by atoms with Crippen molar-refractivity contribution in [3.8, 4) is 5.75 Å². The maximum Gasteiger partial charge on any atom is 0.128 e. The van der Waals surface area contributed by atoms with Crippen LogP contribution in [0.4, 0.5) is 0 Å². The van der Waals surface area contributed by atoms with E-state index in [0.29, 0.717) is 6.42 Å². The Morgan fingerprint density at radius 2 is 1.95 bits per heavy atom. The van der Waals surface area contributed by atoms with Crippen LogP contribution in [0.15, 0.2) is 6.20 Å². The van der Waals surface area contributed by atoms with Crippen LogP contribution in [0.25, 0.3) is 0 Å². The van der Waals surface area contributed by atoms with Crippen LogP contribution in [-0.2, 0) is 13.5 Å². The highest BCUT2D eigenvalue weighted by Crippen LogP contribution is 2.28. The Balaban J connectivity index is 2.34. The second kappa shape index (κ2) is 5.85. The molecule has 0 radical (unpaired) electrons. The molecule has 0 aliphatic rings. The topological polar surface area (TPSA) is 66.0 Å². The van der Waals surface area contributed by atoms with Gasteiger partial charge in [-0.2, -0.15) is 5.10 Å². The number of ether oxygens (including phenoxy) is 1. The number of methoxy groups -OCH3 is 1. The Kier molecular flexibility index (Phi) is 4.32. The van der Waals surface area contributed by atoms with Crippen molar-refractivity contribution in [1.82, 2.24) is 14.8 Å². The second-order valence-electron chi connectivity index (χ2n) is 5.56. The lowest BCUT2D eigenvalue weighted by atomic mass is 9.98. The third-order valence-electron chi connectivity index (χ3n) is 4.10. The zero-order valence-electron chi connectivity index (χ0n) is 13.7. The van der Waals surface area contributed by atoms with Gasteiger partial charge in [0, 0.05) is 53.8 Å². The molecule has 114 valence electrons. The second-order valence-corrected chi connectivity index (χ2v) is 5.56. The summed E-state index contributed by atoms with van der Waals surface area (Å²) < 4.78 is 7.33. The summed E-state index contributed by atoms with van der Waals surface area (Å²) in [6.07, 6.45) is 2.52. The SMILES string of the molecule is COc1c(C)cnc(CC(N)c2c(C)nn(C)c2C)c1C. The highest BCUT2D eigenvalue weighted by atomic mass is 16.5. The molecule has 2 rings (SSSR count). The number of pyridine rings is 1. The monoisotopic (exact) mass is 288 g/mol. The molecule has 0 spiro atoms. The highest BCUT2D eigenvalue weighted by molar-refractivity contribution is 5.42. The largest absolute Gasteiger partial charge is 0.496 e. The lowest BCUT2D eigenvalue weighted by Crippen LogP contribution is -2.17. The quantitative estimate of drug-likeness (QED) is 0.937. The van der Waals surface area contributed by atoms with Crippen molar-refractivity contribution in [3.05, 3.63) is 40.0 Å². The van der Waals surface area contributed by atoms with E-state index in [-0.39, 0.29) is 6.04 Å². The molecule has 2 N–H and O–H groups in total. The summed E-state index contributed by atoms with van der Waals surface area (Å²) in [5, 5.41) is 4.44. The van der Waals surface area contributed by atoms with Gasteiger partial charge in [-0.05, 0) is 27.7 Å². The Morgan fingerprint density at radius 1 is 1.29 bits per heavy atom. The molecule has 21 heavy (non-hydrogen) atoms. The number of hydrogen-bond acceptors (Lipinski definition) is 4. The van der Waals surface area contributed by atoms with Crippen LogP contribution in [-0.4, -0.2) is 21.9 Å². The van der Waals surface area contributed by atoms with Crippen molar-refractivity contribution in [2.75, 3.05) is 7.11 Å². The zero-order valence-corrected chi connectivity index (χ0v) is 13.7. The molecule has 2 aromatic rings. The molecule has 0 amide bonds. The number of nitrogens with zero attached hydrogens (tertiary/aromatic N) is 3. The van der Waals surface area contributed by atoms with E-state index >= 15 is 0 Å². The van der Waals surface area contributed by atoms with Crippen LogP contribution >= 0.6 is 0 Å².